The van der Waals surface area contributed by atoms with Crippen molar-refractivity contribution >= 4 is 16.6 Å². The lowest BCUT2D eigenvalue weighted by molar-refractivity contribution is 0.212. The zero-order chi connectivity index (χ0) is 20.3. The van der Waals surface area contributed by atoms with Gasteiger partial charge < -0.3 is 14.6 Å². The van der Waals surface area contributed by atoms with Crippen molar-refractivity contribution in [2.45, 2.75) is 6.04 Å². The van der Waals surface area contributed by atoms with Crippen molar-refractivity contribution in [2.24, 2.45) is 0 Å². The van der Waals surface area contributed by atoms with Crippen molar-refractivity contribution in [3.8, 4) is 5.75 Å². The van der Waals surface area contributed by atoms with Gasteiger partial charge in [0.2, 0.25) is 0 Å². The Labute approximate surface area is 177 Å². The Morgan fingerprint density at radius 3 is 2.03 bits per heavy atom. The van der Waals surface area contributed by atoms with Crippen LogP contribution in [0, 0.1) is 0 Å². The molecule has 1 aliphatic rings. The van der Waals surface area contributed by atoms with E-state index in [0.717, 1.165) is 37.4 Å². The Balaban J connectivity index is 1.39. The highest BCUT2D eigenvalue weighted by Crippen LogP contribution is 2.33. The number of methoxy groups -OCH3 is 1. The number of piperazine rings is 1. The molecule has 0 aliphatic carbocycles. The Bertz CT molecular complexity index is 1060. The molecule has 1 aromatic heterocycles. The van der Waals surface area contributed by atoms with E-state index in [1.165, 1.54) is 22.2 Å². The Kier molecular flexibility index (Phi) is 5.16. The molecule has 30 heavy (non-hydrogen) atoms. The molecule has 152 valence electrons. The number of aromatic amines is 1. The van der Waals surface area contributed by atoms with Crippen molar-refractivity contribution < 1.29 is 4.74 Å². The van der Waals surface area contributed by atoms with Gasteiger partial charge in [-0.25, -0.2) is 0 Å². The largest absolute Gasteiger partial charge is 0.497 e. The molecule has 3 aromatic carbocycles. The highest BCUT2D eigenvalue weighted by atomic mass is 16.5. The number of benzene rings is 3. The fourth-order valence-corrected chi connectivity index (χ4v) is 4.58. The second-order valence-electron chi connectivity index (χ2n) is 7.83. The van der Waals surface area contributed by atoms with E-state index < -0.39 is 0 Å². The number of aromatic nitrogens is 1. The van der Waals surface area contributed by atoms with Gasteiger partial charge in [0.25, 0.3) is 0 Å². The third kappa shape index (κ3) is 3.55. The standard InChI is InChI=1S/C26H27N3O/c1-30-22-12-13-24-23(18-22)25(19-27-24)28-14-16-29(17-15-28)26(20-8-4-2-5-9-20)21-10-6-3-7-11-21/h2-13,18-19,26-27H,14-17H2,1H3. The molecular weight excluding hydrogens is 370 g/mol. The maximum atomic E-state index is 5.44. The number of hydrogen-bond donors (Lipinski definition) is 1. The smallest absolute Gasteiger partial charge is 0.119 e. The van der Waals surface area contributed by atoms with E-state index in [2.05, 4.69) is 93.8 Å². The number of hydrogen-bond acceptors (Lipinski definition) is 3. The summed E-state index contributed by atoms with van der Waals surface area (Å²) in [5.74, 6) is 0.898. The maximum absolute atomic E-state index is 5.44. The van der Waals surface area contributed by atoms with Crippen LogP contribution in [0.4, 0.5) is 5.69 Å². The van der Waals surface area contributed by atoms with Crippen LogP contribution >= 0.6 is 0 Å². The molecule has 4 aromatic rings. The summed E-state index contributed by atoms with van der Waals surface area (Å²) < 4.78 is 5.44. The lowest BCUT2D eigenvalue weighted by Crippen LogP contribution is -2.47. The topological polar surface area (TPSA) is 31.5 Å². The van der Waals surface area contributed by atoms with Gasteiger partial charge in [0, 0.05) is 43.3 Å². The van der Waals surface area contributed by atoms with Crippen molar-refractivity contribution in [3.05, 3.63) is 96.2 Å². The van der Waals surface area contributed by atoms with Crippen LogP contribution in [0.2, 0.25) is 0 Å². The van der Waals surface area contributed by atoms with E-state index in [4.69, 9.17) is 4.74 Å². The second kappa shape index (κ2) is 8.25. The van der Waals surface area contributed by atoms with E-state index in [1.807, 2.05) is 6.07 Å². The maximum Gasteiger partial charge on any atom is 0.119 e. The van der Waals surface area contributed by atoms with Crippen LogP contribution in [-0.2, 0) is 0 Å². The van der Waals surface area contributed by atoms with E-state index >= 15 is 0 Å². The number of ether oxygens (including phenoxy) is 1. The fourth-order valence-electron chi connectivity index (χ4n) is 4.58. The van der Waals surface area contributed by atoms with Gasteiger partial charge >= 0.3 is 0 Å². The average molecular weight is 398 g/mol. The molecule has 4 nitrogen and oxygen atoms in total. The van der Waals surface area contributed by atoms with Crippen molar-refractivity contribution in [1.82, 2.24) is 9.88 Å². The third-order valence-corrected chi connectivity index (χ3v) is 6.12. The summed E-state index contributed by atoms with van der Waals surface area (Å²) in [4.78, 5) is 8.51. The SMILES string of the molecule is COc1ccc2[nH]cc(N3CCN(C(c4ccccc4)c4ccccc4)CC3)c2c1. The first kappa shape index (κ1) is 18.8. The van der Waals surface area contributed by atoms with E-state index in [0.29, 0.717) is 0 Å². The number of nitrogens with one attached hydrogen (secondary N) is 1. The summed E-state index contributed by atoms with van der Waals surface area (Å²) in [6.45, 7) is 4.04. The van der Waals surface area contributed by atoms with Crippen LogP contribution in [0.25, 0.3) is 10.9 Å². The van der Waals surface area contributed by atoms with Crippen LogP contribution in [0.1, 0.15) is 17.2 Å². The van der Waals surface area contributed by atoms with Crippen LogP contribution in [-0.4, -0.2) is 43.2 Å². The second-order valence-corrected chi connectivity index (χ2v) is 7.83. The molecule has 1 saturated heterocycles. The average Bonchev–Trinajstić information content (AvgIpc) is 3.24. The molecule has 0 saturated carbocycles. The van der Waals surface area contributed by atoms with Gasteiger partial charge in [0.05, 0.1) is 18.8 Å². The Morgan fingerprint density at radius 1 is 0.800 bits per heavy atom. The van der Waals surface area contributed by atoms with E-state index in [9.17, 15) is 0 Å². The lowest BCUT2D eigenvalue weighted by Gasteiger charge is -2.40. The van der Waals surface area contributed by atoms with Gasteiger partial charge in [-0.2, -0.15) is 0 Å². The van der Waals surface area contributed by atoms with Crippen LogP contribution in [0.15, 0.2) is 85.1 Å². The van der Waals surface area contributed by atoms with Crippen LogP contribution in [0.5, 0.6) is 5.75 Å². The molecule has 4 heteroatoms. The van der Waals surface area contributed by atoms with Gasteiger partial charge in [0.1, 0.15) is 5.75 Å². The van der Waals surface area contributed by atoms with Crippen LogP contribution < -0.4 is 9.64 Å². The number of anilines is 1. The molecule has 2 heterocycles. The van der Waals surface area contributed by atoms with Crippen molar-refractivity contribution in [1.29, 1.82) is 0 Å². The minimum absolute atomic E-state index is 0.289. The molecule has 5 rings (SSSR count). The quantitative estimate of drug-likeness (QED) is 0.509. The normalized spacial score (nSPS) is 15.1. The predicted molar refractivity (Wildman–Crippen MR) is 123 cm³/mol. The Morgan fingerprint density at radius 2 is 1.43 bits per heavy atom. The van der Waals surface area contributed by atoms with Gasteiger partial charge in [-0.3, -0.25) is 4.90 Å². The molecular formula is C26H27N3O. The molecule has 0 radical (unpaired) electrons. The molecule has 0 amide bonds. The molecule has 0 unspecified atom stereocenters. The van der Waals surface area contributed by atoms with Gasteiger partial charge in [-0.15, -0.1) is 0 Å². The number of H-pyrrole nitrogens is 1. The lowest BCUT2D eigenvalue weighted by atomic mass is 9.96. The summed E-state index contributed by atoms with van der Waals surface area (Å²) in [7, 11) is 1.72. The highest BCUT2D eigenvalue weighted by Gasteiger charge is 2.27. The van der Waals surface area contributed by atoms with Gasteiger partial charge in [-0.05, 0) is 29.3 Å². The monoisotopic (exact) mass is 397 g/mol. The van der Waals surface area contributed by atoms with Gasteiger partial charge in [0.15, 0.2) is 0 Å². The van der Waals surface area contributed by atoms with Crippen LogP contribution in [0.3, 0.4) is 0 Å². The minimum atomic E-state index is 0.289. The molecule has 1 aliphatic heterocycles. The molecule has 1 N–H and O–H groups in total. The summed E-state index contributed by atoms with van der Waals surface area (Å²) in [5.41, 5.74) is 5.13. The first-order valence-electron chi connectivity index (χ1n) is 10.6. The number of nitrogens with zero attached hydrogens (tertiary/aromatic N) is 2. The first-order chi connectivity index (χ1) is 14.8. The summed E-state index contributed by atoms with van der Waals surface area (Å²) >= 11 is 0. The number of rotatable bonds is 5. The van der Waals surface area contributed by atoms with Crippen molar-refractivity contribution in [3.63, 3.8) is 0 Å². The van der Waals surface area contributed by atoms with Gasteiger partial charge in [-0.1, -0.05) is 60.7 Å². The summed E-state index contributed by atoms with van der Waals surface area (Å²) in [5, 5.41) is 1.23. The summed E-state index contributed by atoms with van der Waals surface area (Å²) in [6, 6.07) is 28.2. The first-order valence-corrected chi connectivity index (χ1v) is 10.6. The van der Waals surface area contributed by atoms with Crippen molar-refractivity contribution in [2.75, 3.05) is 38.2 Å². The summed E-state index contributed by atoms with van der Waals surface area (Å²) in [6.07, 6.45) is 2.13. The van der Waals surface area contributed by atoms with E-state index in [1.54, 1.807) is 7.11 Å². The fraction of sp³-hybridized carbons (Fsp3) is 0.231. The zero-order valence-corrected chi connectivity index (χ0v) is 17.3. The highest BCUT2D eigenvalue weighted by molar-refractivity contribution is 5.94. The number of fused-ring (bicyclic) bond motifs is 1. The predicted octanol–water partition coefficient (Wildman–Crippen LogP) is 5.09. The minimum Gasteiger partial charge on any atom is -0.497 e. The molecule has 0 spiro atoms. The van der Waals surface area contributed by atoms with E-state index in [-0.39, 0.29) is 6.04 Å². The Hall–Kier alpha value is -3.24. The molecule has 1 fully saturated rings. The third-order valence-electron chi connectivity index (χ3n) is 6.12. The molecule has 0 bridgehead atoms. The zero-order valence-electron chi connectivity index (χ0n) is 17.3. The molecule has 0 atom stereocenters.